The molecule has 1 aromatic heterocycles. The van der Waals surface area contributed by atoms with Crippen LogP contribution in [0, 0.1) is 0 Å². The minimum absolute atomic E-state index is 0. The van der Waals surface area contributed by atoms with Gasteiger partial charge >= 0.3 is 29.6 Å². The van der Waals surface area contributed by atoms with E-state index < -0.39 is 15.8 Å². The average Bonchev–Trinajstić information content (AvgIpc) is 2.75. The molecule has 2 aromatic rings. The van der Waals surface area contributed by atoms with Crippen molar-refractivity contribution >= 4 is 39.0 Å². The Morgan fingerprint density at radius 1 is 1.36 bits per heavy atom. The van der Waals surface area contributed by atoms with Gasteiger partial charge in [-0.25, -0.2) is 8.42 Å². The number of benzene rings is 1. The Morgan fingerprint density at radius 3 is 2.45 bits per heavy atom. The summed E-state index contributed by atoms with van der Waals surface area (Å²) in [6, 6.07) is 2.29. The van der Waals surface area contributed by atoms with Gasteiger partial charge in [-0.15, -0.1) is 0 Å². The fraction of sp³-hybridized carbons (Fsp3) is 0.167. The van der Waals surface area contributed by atoms with Crippen molar-refractivity contribution in [3.63, 3.8) is 0 Å². The van der Waals surface area contributed by atoms with Crippen molar-refractivity contribution in [3.8, 4) is 0 Å². The summed E-state index contributed by atoms with van der Waals surface area (Å²) in [6.07, 6.45) is 3.85. The van der Waals surface area contributed by atoms with Crippen LogP contribution in [0.25, 0.3) is 0 Å². The number of hydrogen-bond acceptors (Lipinski definition) is 5. The third-order valence-corrected chi connectivity index (χ3v) is 4.55. The fourth-order valence-corrected chi connectivity index (χ4v) is 3.29. The number of rotatable bonds is 4. The zero-order valence-corrected chi connectivity index (χ0v) is 16.0. The standard InChI is InChI=1S/C12H10Cl2N2O4S.Na/c1-21(19,20)10-3-2-8(12(17)18)11(14)9(10)6-16-5-7(13)4-15-16;/h2-5H,6H2,1H3,(H,17,18);/q;+1/p-1. The second-order valence-electron chi connectivity index (χ2n) is 4.32. The molecule has 0 saturated heterocycles. The van der Waals surface area contributed by atoms with Gasteiger partial charge in [0.1, 0.15) is 0 Å². The van der Waals surface area contributed by atoms with Gasteiger partial charge in [0.15, 0.2) is 9.84 Å². The predicted octanol–water partition coefficient (Wildman–Crippen LogP) is -1.99. The molecule has 0 aliphatic rings. The molecule has 112 valence electrons. The first-order chi connectivity index (χ1) is 9.70. The molecule has 0 atom stereocenters. The molecule has 1 aromatic carbocycles. The maximum Gasteiger partial charge on any atom is 1.00 e. The van der Waals surface area contributed by atoms with Crippen LogP contribution in [0.5, 0.6) is 0 Å². The third-order valence-electron chi connectivity index (χ3n) is 2.74. The van der Waals surface area contributed by atoms with Crippen LogP contribution in [-0.2, 0) is 16.4 Å². The number of carbonyl (C=O) groups is 1. The van der Waals surface area contributed by atoms with Gasteiger partial charge in [-0.05, 0) is 6.07 Å². The third kappa shape index (κ3) is 4.24. The zero-order chi connectivity index (χ0) is 15.8. The van der Waals surface area contributed by atoms with E-state index >= 15 is 0 Å². The van der Waals surface area contributed by atoms with E-state index in [0.29, 0.717) is 5.02 Å². The maximum atomic E-state index is 11.8. The monoisotopic (exact) mass is 370 g/mol. The minimum Gasteiger partial charge on any atom is -0.545 e. The molecule has 0 N–H and O–H groups in total. The predicted molar refractivity (Wildman–Crippen MR) is 75.2 cm³/mol. The number of hydrogen-bond donors (Lipinski definition) is 0. The van der Waals surface area contributed by atoms with E-state index in [4.69, 9.17) is 23.2 Å². The molecular weight excluding hydrogens is 362 g/mol. The van der Waals surface area contributed by atoms with Gasteiger partial charge in [0.2, 0.25) is 0 Å². The molecule has 0 radical (unpaired) electrons. The Hall–Kier alpha value is -0.570. The summed E-state index contributed by atoms with van der Waals surface area (Å²) in [6.45, 7) is -0.0327. The van der Waals surface area contributed by atoms with E-state index in [-0.39, 0.29) is 57.1 Å². The summed E-state index contributed by atoms with van der Waals surface area (Å²) in [5.74, 6) is -1.49. The van der Waals surface area contributed by atoms with Crippen LogP contribution in [0.1, 0.15) is 15.9 Å². The van der Waals surface area contributed by atoms with Gasteiger partial charge in [0.25, 0.3) is 0 Å². The van der Waals surface area contributed by atoms with Gasteiger partial charge in [0, 0.05) is 23.6 Å². The molecule has 0 amide bonds. The van der Waals surface area contributed by atoms with Crippen LogP contribution >= 0.6 is 23.2 Å². The molecule has 0 aliphatic heterocycles. The van der Waals surface area contributed by atoms with Crippen molar-refractivity contribution in [2.24, 2.45) is 0 Å². The SMILES string of the molecule is CS(=O)(=O)c1ccc(C(=O)[O-])c(Cl)c1Cn1cc(Cl)cn1.[Na+]. The van der Waals surface area contributed by atoms with Crippen molar-refractivity contribution in [1.29, 1.82) is 0 Å². The first kappa shape index (κ1) is 19.5. The van der Waals surface area contributed by atoms with E-state index in [2.05, 4.69) is 5.10 Å². The number of aromatic nitrogens is 2. The summed E-state index contributed by atoms with van der Waals surface area (Å²) in [7, 11) is -3.58. The molecule has 6 nitrogen and oxygen atoms in total. The Balaban J connectivity index is 0.00000242. The molecule has 22 heavy (non-hydrogen) atoms. The Kier molecular flexibility index (Phi) is 6.49. The fourth-order valence-electron chi connectivity index (χ4n) is 1.84. The van der Waals surface area contributed by atoms with Crippen molar-refractivity contribution in [2.75, 3.05) is 6.26 Å². The van der Waals surface area contributed by atoms with Crippen LogP contribution in [0.4, 0.5) is 0 Å². The largest absolute Gasteiger partial charge is 1.00 e. The maximum absolute atomic E-state index is 11.8. The topological polar surface area (TPSA) is 92.1 Å². The molecule has 0 unspecified atom stereocenters. The molecule has 0 saturated carbocycles. The Labute approximate surface area is 159 Å². The number of carboxylic acid groups (broad SMARTS) is 1. The van der Waals surface area contributed by atoms with Crippen molar-refractivity contribution in [2.45, 2.75) is 11.4 Å². The van der Waals surface area contributed by atoms with Crippen LogP contribution < -0.4 is 34.7 Å². The van der Waals surface area contributed by atoms with E-state index in [9.17, 15) is 18.3 Å². The van der Waals surface area contributed by atoms with E-state index in [1.54, 1.807) is 0 Å². The van der Waals surface area contributed by atoms with E-state index in [1.807, 2.05) is 0 Å². The van der Waals surface area contributed by atoms with E-state index in [1.165, 1.54) is 23.1 Å². The molecule has 2 rings (SSSR count). The van der Waals surface area contributed by atoms with E-state index in [0.717, 1.165) is 12.3 Å². The number of carboxylic acids is 1. The van der Waals surface area contributed by atoms with Crippen molar-refractivity contribution < 1.29 is 47.9 Å². The van der Waals surface area contributed by atoms with Crippen molar-refractivity contribution in [3.05, 3.63) is 45.7 Å². The summed E-state index contributed by atoms with van der Waals surface area (Å²) in [5, 5.41) is 15.1. The van der Waals surface area contributed by atoms with Gasteiger partial charge in [0.05, 0.1) is 33.7 Å². The Bertz CT molecular complexity index is 821. The number of sulfone groups is 1. The average molecular weight is 371 g/mol. The molecule has 0 bridgehead atoms. The van der Waals surface area contributed by atoms with Crippen LogP contribution in [0.15, 0.2) is 29.4 Å². The normalized spacial score (nSPS) is 11.0. The number of halogens is 2. The summed E-state index contributed by atoms with van der Waals surface area (Å²) >= 11 is 11.8. The molecule has 10 heteroatoms. The quantitative estimate of drug-likeness (QED) is 0.581. The molecular formula is C12H9Cl2N2NaO4S. The van der Waals surface area contributed by atoms with Crippen LogP contribution in [0.3, 0.4) is 0 Å². The second kappa shape index (κ2) is 7.33. The number of aromatic carboxylic acids is 1. The molecule has 0 fully saturated rings. The summed E-state index contributed by atoms with van der Waals surface area (Å²) in [5.41, 5.74) is -0.155. The summed E-state index contributed by atoms with van der Waals surface area (Å²) in [4.78, 5) is 10.9. The van der Waals surface area contributed by atoms with Gasteiger partial charge in [-0.3, -0.25) is 4.68 Å². The number of nitrogens with zero attached hydrogens (tertiary/aromatic N) is 2. The smallest absolute Gasteiger partial charge is 0.545 e. The second-order valence-corrected chi connectivity index (χ2v) is 7.12. The van der Waals surface area contributed by atoms with Gasteiger partial charge < -0.3 is 9.90 Å². The van der Waals surface area contributed by atoms with Gasteiger partial charge in [-0.1, -0.05) is 29.3 Å². The van der Waals surface area contributed by atoms with Crippen molar-refractivity contribution in [1.82, 2.24) is 9.78 Å². The number of carbonyl (C=O) groups excluding carboxylic acids is 1. The first-order valence-corrected chi connectivity index (χ1v) is 8.25. The first-order valence-electron chi connectivity index (χ1n) is 5.61. The van der Waals surface area contributed by atoms with Crippen LogP contribution in [0.2, 0.25) is 10.0 Å². The summed E-state index contributed by atoms with van der Waals surface area (Å²) < 4.78 is 25.0. The van der Waals surface area contributed by atoms with Crippen LogP contribution in [-0.4, -0.2) is 30.4 Å². The minimum atomic E-state index is -3.58. The molecule has 0 aliphatic carbocycles. The zero-order valence-electron chi connectivity index (χ0n) is 11.7. The molecule has 1 heterocycles. The molecule has 0 spiro atoms. The Morgan fingerprint density at radius 2 is 2.00 bits per heavy atom. The van der Waals surface area contributed by atoms with Gasteiger partial charge in [-0.2, -0.15) is 5.10 Å².